The van der Waals surface area contributed by atoms with E-state index in [4.69, 9.17) is 10.5 Å². The van der Waals surface area contributed by atoms with E-state index in [0.29, 0.717) is 0 Å². The predicted octanol–water partition coefficient (Wildman–Crippen LogP) is 2.23. The molecule has 1 fully saturated rings. The minimum absolute atomic E-state index is 0.236. The average molecular weight is 264 g/mol. The molecule has 1 saturated heterocycles. The Morgan fingerprint density at radius 2 is 1.89 bits per heavy atom. The van der Waals surface area contributed by atoms with Crippen molar-refractivity contribution < 1.29 is 18.3 Å². The van der Waals surface area contributed by atoms with Gasteiger partial charge in [-0.2, -0.15) is 0 Å². The summed E-state index contributed by atoms with van der Waals surface area (Å²) in [5, 5.41) is 0. The number of amides is 1. The molecule has 2 unspecified atom stereocenters. The summed E-state index contributed by atoms with van der Waals surface area (Å²) >= 11 is 0. The van der Waals surface area contributed by atoms with Crippen molar-refractivity contribution in [1.82, 2.24) is 4.90 Å². The highest BCUT2D eigenvalue weighted by Crippen LogP contribution is 2.29. The van der Waals surface area contributed by atoms with Crippen molar-refractivity contribution in [3.8, 4) is 0 Å². The first kappa shape index (κ1) is 15.1. The van der Waals surface area contributed by atoms with Crippen LogP contribution in [-0.2, 0) is 4.74 Å². The van der Waals surface area contributed by atoms with Crippen molar-refractivity contribution in [3.63, 3.8) is 0 Å². The van der Waals surface area contributed by atoms with E-state index in [2.05, 4.69) is 0 Å². The summed E-state index contributed by atoms with van der Waals surface area (Å²) < 4.78 is 31.1. The number of nitrogens with zero attached hydrogens (tertiary/aromatic N) is 1. The molecule has 0 bridgehead atoms. The lowest BCUT2D eigenvalue weighted by atomic mass is 9.97. The van der Waals surface area contributed by atoms with E-state index in [1.54, 1.807) is 20.8 Å². The van der Waals surface area contributed by atoms with E-state index in [1.807, 2.05) is 0 Å². The SMILES string of the molecule is CC(F)(F)CC1CN(C(=O)OC(C)(C)C)CC1N. The fourth-order valence-electron chi connectivity index (χ4n) is 2.05. The molecule has 2 atom stereocenters. The number of halogens is 2. The van der Waals surface area contributed by atoms with E-state index >= 15 is 0 Å². The Morgan fingerprint density at radius 1 is 1.33 bits per heavy atom. The molecule has 0 spiro atoms. The van der Waals surface area contributed by atoms with Gasteiger partial charge in [0.05, 0.1) is 0 Å². The van der Waals surface area contributed by atoms with Gasteiger partial charge in [0.2, 0.25) is 5.92 Å². The van der Waals surface area contributed by atoms with Crippen LogP contribution in [0.15, 0.2) is 0 Å². The standard InChI is InChI=1S/C12H22F2N2O2/c1-11(2,3)18-10(17)16-6-8(9(15)7-16)5-12(4,13)14/h8-9H,5-7,15H2,1-4H3. The van der Waals surface area contributed by atoms with Crippen molar-refractivity contribution in [2.24, 2.45) is 11.7 Å². The number of ether oxygens (including phenoxy) is 1. The maximum Gasteiger partial charge on any atom is 0.410 e. The molecule has 0 radical (unpaired) electrons. The van der Waals surface area contributed by atoms with Crippen LogP contribution in [-0.4, -0.2) is 41.6 Å². The highest BCUT2D eigenvalue weighted by molar-refractivity contribution is 5.68. The molecule has 0 aliphatic carbocycles. The number of rotatable bonds is 2. The molecular formula is C12H22F2N2O2. The molecule has 0 aromatic heterocycles. The van der Waals surface area contributed by atoms with Gasteiger partial charge in [0.15, 0.2) is 0 Å². The number of carbonyl (C=O) groups is 1. The molecule has 2 N–H and O–H groups in total. The van der Waals surface area contributed by atoms with Crippen LogP contribution in [0.4, 0.5) is 13.6 Å². The third-order valence-corrected chi connectivity index (χ3v) is 2.76. The van der Waals surface area contributed by atoms with Crippen LogP contribution in [0.25, 0.3) is 0 Å². The third kappa shape index (κ3) is 4.76. The molecule has 0 aromatic rings. The lowest BCUT2D eigenvalue weighted by molar-refractivity contribution is -0.00551. The summed E-state index contributed by atoms with van der Waals surface area (Å²) in [7, 11) is 0. The van der Waals surface area contributed by atoms with Gasteiger partial charge in [-0.05, 0) is 33.6 Å². The minimum atomic E-state index is -2.76. The van der Waals surface area contributed by atoms with Gasteiger partial charge in [-0.1, -0.05) is 0 Å². The Labute approximate surface area is 106 Å². The van der Waals surface area contributed by atoms with Crippen LogP contribution >= 0.6 is 0 Å². The first-order chi connectivity index (χ1) is 7.98. The van der Waals surface area contributed by atoms with Crippen LogP contribution in [0.3, 0.4) is 0 Å². The van der Waals surface area contributed by atoms with E-state index in [9.17, 15) is 13.6 Å². The highest BCUT2D eigenvalue weighted by atomic mass is 19.3. The summed E-state index contributed by atoms with van der Waals surface area (Å²) in [6, 6.07) is -0.414. The van der Waals surface area contributed by atoms with E-state index < -0.39 is 23.7 Å². The van der Waals surface area contributed by atoms with Gasteiger partial charge in [-0.15, -0.1) is 0 Å². The zero-order chi connectivity index (χ0) is 14.1. The van der Waals surface area contributed by atoms with Gasteiger partial charge < -0.3 is 15.4 Å². The second-order valence-electron chi connectivity index (χ2n) is 6.08. The van der Waals surface area contributed by atoms with Crippen LogP contribution in [0.5, 0.6) is 0 Å². The van der Waals surface area contributed by atoms with Crippen molar-refractivity contribution >= 4 is 6.09 Å². The lowest BCUT2D eigenvalue weighted by Gasteiger charge is -2.24. The Kier molecular flexibility index (Phi) is 4.20. The zero-order valence-electron chi connectivity index (χ0n) is 11.4. The normalized spacial score (nSPS) is 25.4. The Bertz CT molecular complexity index is 310. The van der Waals surface area contributed by atoms with Crippen LogP contribution < -0.4 is 5.73 Å². The Morgan fingerprint density at radius 3 is 2.33 bits per heavy atom. The minimum Gasteiger partial charge on any atom is -0.444 e. The summed E-state index contributed by atoms with van der Waals surface area (Å²) in [4.78, 5) is 13.2. The van der Waals surface area contributed by atoms with Crippen LogP contribution in [0.1, 0.15) is 34.1 Å². The quantitative estimate of drug-likeness (QED) is 0.832. The molecule has 1 heterocycles. The van der Waals surface area contributed by atoms with Gasteiger partial charge in [0.1, 0.15) is 5.60 Å². The van der Waals surface area contributed by atoms with Gasteiger partial charge in [-0.25, -0.2) is 13.6 Å². The van der Waals surface area contributed by atoms with E-state index in [-0.39, 0.29) is 25.4 Å². The summed E-state index contributed by atoms with van der Waals surface area (Å²) in [5.74, 6) is -3.14. The monoisotopic (exact) mass is 264 g/mol. The molecule has 0 aromatic carbocycles. The predicted molar refractivity (Wildman–Crippen MR) is 64.5 cm³/mol. The molecule has 1 aliphatic heterocycles. The second-order valence-corrected chi connectivity index (χ2v) is 6.08. The third-order valence-electron chi connectivity index (χ3n) is 2.76. The molecule has 0 saturated carbocycles. The van der Waals surface area contributed by atoms with Crippen LogP contribution in [0.2, 0.25) is 0 Å². The molecule has 6 heteroatoms. The van der Waals surface area contributed by atoms with Crippen LogP contribution in [0, 0.1) is 5.92 Å². The maximum atomic E-state index is 13.0. The van der Waals surface area contributed by atoms with E-state index in [0.717, 1.165) is 6.92 Å². The largest absolute Gasteiger partial charge is 0.444 e. The number of likely N-dealkylation sites (tertiary alicyclic amines) is 1. The van der Waals surface area contributed by atoms with Crippen molar-refractivity contribution in [1.29, 1.82) is 0 Å². The smallest absolute Gasteiger partial charge is 0.410 e. The fraction of sp³-hybridized carbons (Fsp3) is 0.917. The van der Waals surface area contributed by atoms with Gasteiger partial charge >= 0.3 is 6.09 Å². The second kappa shape index (κ2) is 4.99. The maximum absolute atomic E-state index is 13.0. The summed E-state index contributed by atoms with van der Waals surface area (Å²) in [6.07, 6.45) is -0.784. The van der Waals surface area contributed by atoms with E-state index in [1.165, 1.54) is 4.90 Å². The molecule has 1 aliphatic rings. The van der Waals surface area contributed by atoms with Crippen molar-refractivity contribution in [2.75, 3.05) is 13.1 Å². The first-order valence-corrected chi connectivity index (χ1v) is 6.09. The highest BCUT2D eigenvalue weighted by Gasteiger charge is 2.39. The first-order valence-electron chi connectivity index (χ1n) is 6.09. The molecule has 1 amide bonds. The van der Waals surface area contributed by atoms with Crippen molar-refractivity contribution in [2.45, 2.75) is 51.7 Å². The molecule has 4 nitrogen and oxygen atoms in total. The molecule has 18 heavy (non-hydrogen) atoms. The summed E-state index contributed by atoms with van der Waals surface area (Å²) in [6.45, 7) is 6.67. The van der Waals surface area contributed by atoms with Gasteiger partial charge in [-0.3, -0.25) is 0 Å². The number of hydrogen-bond donors (Lipinski definition) is 1. The number of nitrogens with two attached hydrogens (primary N) is 1. The molecule has 1 rings (SSSR count). The van der Waals surface area contributed by atoms with Gasteiger partial charge in [0, 0.05) is 25.6 Å². The number of hydrogen-bond acceptors (Lipinski definition) is 3. The Balaban J connectivity index is 2.56. The summed E-state index contributed by atoms with van der Waals surface area (Å²) in [5.41, 5.74) is 5.21. The lowest BCUT2D eigenvalue weighted by Crippen LogP contribution is -2.36. The average Bonchev–Trinajstić information content (AvgIpc) is 2.42. The topological polar surface area (TPSA) is 55.6 Å². The zero-order valence-corrected chi connectivity index (χ0v) is 11.4. The number of alkyl halides is 2. The van der Waals surface area contributed by atoms with Crippen molar-refractivity contribution in [3.05, 3.63) is 0 Å². The Hall–Kier alpha value is -0.910. The molecule has 106 valence electrons. The fourth-order valence-corrected chi connectivity index (χ4v) is 2.05. The number of carbonyl (C=O) groups excluding carboxylic acids is 1. The van der Waals surface area contributed by atoms with Gasteiger partial charge in [0.25, 0.3) is 0 Å². The molecular weight excluding hydrogens is 242 g/mol.